The molecule has 0 aliphatic carbocycles. The van der Waals surface area contributed by atoms with Crippen molar-refractivity contribution in [3.63, 3.8) is 0 Å². The molecular formula is C26H39NO6S. The van der Waals surface area contributed by atoms with Gasteiger partial charge in [0, 0.05) is 17.7 Å². The summed E-state index contributed by atoms with van der Waals surface area (Å²) in [6.45, 7) is 10.8. The van der Waals surface area contributed by atoms with Crippen molar-refractivity contribution in [3.05, 3.63) is 21.7 Å². The molecular weight excluding hydrogens is 454 g/mol. The molecule has 0 unspecified atom stereocenters. The van der Waals surface area contributed by atoms with Crippen LogP contribution in [0.15, 0.2) is 11.0 Å². The number of aliphatic hydroxyl groups is 2. The number of hydrogen-bond donors (Lipinski definition) is 2. The summed E-state index contributed by atoms with van der Waals surface area (Å²) in [6, 6.07) is 0. The van der Waals surface area contributed by atoms with Crippen LogP contribution in [0.25, 0.3) is 6.08 Å². The molecule has 0 radical (unpaired) electrons. The summed E-state index contributed by atoms with van der Waals surface area (Å²) in [7, 11) is 0. The normalized spacial score (nSPS) is 36.0. The SMILES string of the molecule is C/C(=C\c1csc(C)n1)[C@@H]1C[C@@H]2O[C@H]2CCC[C@H](C)[C@H](O)[C@@H](C)C(=O)C(C)(C)[C@@H](O)CC(=O)O1. The molecule has 2 fully saturated rings. The molecule has 0 amide bonds. The van der Waals surface area contributed by atoms with Gasteiger partial charge in [-0.25, -0.2) is 4.98 Å². The number of cyclic esters (lactones) is 1. The molecule has 8 heteroatoms. The van der Waals surface area contributed by atoms with E-state index >= 15 is 0 Å². The molecule has 7 nitrogen and oxygen atoms in total. The molecule has 0 aromatic carbocycles. The number of ether oxygens (including phenoxy) is 2. The molecule has 0 spiro atoms. The minimum absolute atomic E-state index is 0.00770. The topological polar surface area (TPSA) is 109 Å². The highest BCUT2D eigenvalue weighted by Gasteiger charge is 2.44. The summed E-state index contributed by atoms with van der Waals surface area (Å²) >= 11 is 1.56. The molecule has 1 aromatic heterocycles. The zero-order valence-electron chi connectivity index (χ0n) is 21.1. The number of hydrogen-bond acceptors (Lipinski definition) is 8. The Morgan fingerprint density at radius 3 is 2.56 bits per heavy atom. The maximum Gasteiger partial charge on any atom is 0.309 e. The van der Waals surface area contributed by atoms with Gasteiger partial charge in [-0.3, -0.25) is 9.59 Å². The average Bonchev–Trinajstić information content (AvgIpc) is 3.38. The standard InChI is InChI=1S/C26H39NO6S/c1-14-8-7-9-19-21(32-19)11-20(15(2)10-18-13-34-17(4)27-18)33-23(29)12-22(28)26(5,6)25(31)16(3)24(14)30/h10,13-14,16,19-22,24,28,30H,7-9,11-12H2,1-6H3/b15-10+/t14-,16+,19-,20-,21-,22-,24-/m0/s1. The smallest absolute Gasteiger partial charge is 0.309 e. The molecule has 0 bridgehead atoms. The zero-order chi connectivity index (χ0) is 25.2. The van der Waals surface area contributed by atoms with Crippen molar-refractivity contribution < 1.29 is 29.3 Å². The summed E-state index contributed by atoms with van der Waals surface area (Å²) in [5.41, 5.74) is 0.494. The summed E-state index contributed by atoms with van der Waals surface area (Å²) in [4.78, 5) is 30.5. The maximum atomic E-state index is 13.2. The van der Waals surface area contributed by atoms with Gasteiger partial charge in [-0.05, 0) is 44.3 Å². The number of fused-ring (bicyclic) bond motifs is 1. The molecule has 1 aromatic rings. The molecule has 3 heterocycles. The molecule has 2 N–H and O–H groups in total. The van der Waals surface area contributed by atoms with E-state index in [1.807, 2.05) is 32.2 Å². The van der Waals surface area contributed by atoms with Crippen molar-refractivity contribution in [3.8, 4) is 0 Å². The number of aliphatic hydroxyl groups excluding tert-OH is 2. The molecule has 2 saturated heterocycles. The van der Waals surface area contributed by atoms with Crippen LogP contribution in [0.2, 0.25) is 0 Å². The molecule has 7 atom stereocenters. The zero-order valence-corrected chi connectivity index (χ0v) is 21.9. The number of aromatic nitrogens is 1. The van der Waals surface area contributed by atoms with E-state index in [2.05, 4.69) is 4.98 Å². The van der Waals surface area contributed by atoms with Crippen molar-refractivity contribution in [2.75, 3.05) is 0 Å². The van der Waals surface area contributed by atoms with Gasteiger partial charge in [0.05, 0.1) is 47.0 Å². The van der Waals surface area contributed by atoms with Crippen LogP contribution in [-0.2, 0) is 19.1 Å². The van der Waals surface area contributed by atoms with Gasteiger partial charge in [0.2, 0.25) is 0 Å². The fourth-order valence-corrected chi connectivity index (χ4v) is 5.35. The van der Waals surface area contributed by atoms with Crippen molar-refractivity contribution >= 4 is 29.2 Å². The summed E-state index contributed by atoms with van der Waals surface area (Å²) < 4.78 is 11.7. The van der Waals surface area contributed by atoms with Gasteiger partial charge in [0.25, 0.3) is 0 Å². The molecule has 34 heavy (non-hydrogen) atoms. The highest BCUT2D eigenvalue weighted by atomic mass is 32.1. The Hall–Kier alpha value is -1.61. The first-order chi connectivity index (χ1) is 15.9. The Kier molecular flexibility index (Phi) is 8.71. The van der Waals surface area contributed by atoms with Gasteiger partial charge in [0.15, 0.2) is 0 Å². The van der Waals surface area contributed by atoms with E-state index in [0.717, 1.165) is 35.5 Å². The monoisotopic (exact) mass is 493 g/mol. The maximum absolute atomic E-state index is 13.2. The molecule has 2 aliphatic rings. The lowest BCUT2D eigenvalue weighted by molar-refractivity contribution is -0.154. The highest BCUT2D eigenvalue weighted by Crippen LogP contribution is 2.36. The van der Waals surface area contributed by atoms with E-state index < -0.39 is 35.6 Å². The second-order valence-electron chi connectivity index (χ2n) is 10.6. The quantitative estimate of drug-likeness (QED) is 0.472. The van der Waals surface area contributed by atoms with E-state index in [9.17, 15) is 19.8 Å². The largest absolute Gasteiger partial charge is 0.458 e. The van der Waals surface area contributed by atoms with Crippen LogP contribution in [-0.4, -0.2) is 57.5 Å². The fraction of sp³-hybridized carbons (Fsp3) is 0.731. The molecule has 2 aliphatic heterocycles. The Bertz CT molecular complexity index is 909. The number of epoxide rings is 1. The number of nitrogens with zero attached hydrogens (tertiary/aromatic N) is 1. The second-order valence-corrected chi connectivity index (χ2v) is 11.7. The average molecular weight is 494 g/mol. The minimum atomic E-state index is -1.22. The third-order valence-corrected chi connectivity index (χ3v) is 8.20. The summed E-state index contributed by atoms with van der Waals surface area (Å²) in [5, 5.41) is 24.5. The van der Waals surface area contributed by atoms with E-state index in [4.69, 9.17) is 9.47 Å². The number of ketones is 1. The highest BCUT2D eigenvalue weighted by molar-refractivity contribution is 7.09. The van der Waals surface area contributed by atoms with Crippen LogP contribution in [0, 0.1) is 24.2 Å². The van der Waals surface area contributed by atoms with Crippen LogP contribution < -0.4 is 0 Å². The van der Waals surface area contributed by atoms with Crippen molar-refractivity contribution in [1.29, 1.82) is 0 Å². The van der Waals surface area contributed by atoms with Crippen LogP contribution in [0.3, 0.4) is 0 Å². The van der Waals surface area contributed by atoms with Crippen LogP contribution in [0.1, 0.15) is 77.4 Å². The van der Waals surface area contributed by atoms with E-state index in [0.29, 0.717) is 6.42 Å². The number of aryl methyl sites for hydroxylation is 1. The molecule has 3 rings (SSSR count). The number of Topliss-reactive ketones (excluding diaryl/α,β-unsaturated/α-hetero) is 1. The van der Waals surface area contributed by atoms with Crippen LogP contribution in [0.4, 0.5) is 0 Å². The first-order valence-electron chi connectivity index (χ1n) is 12.3. The predicted octanol–water partition coefficient (Wildman–Crippen LogP) is 4.09. The van der Waals surface area contributed by atoms with Crippen molar-refractivity contribution in [2.45, 2.75) is 104 Å². The number of esters is 1. The third kappa shape index (κ3) is 6.53. The number of rotatable bonds is 2. The lowest BCUT2D eigenvalue weighted by atomic mass is 9.73. The van der Waals surface area contributed by atoms with Crippen LogP contribution >= 0.6 is 11.3 Å². The first-order valence-corrected chi connectivity index (χ1v) is 13.1. The Balaban J connectivity index is 1.81. The van der Waals surface area contributed by atoms with Gasteiger partial charge in [-0.15, -0.1) is 11.3 Å². The van der Waals surface area contributed by atoms with Crippen molar-refractivity contribution in [1.82, 2.24) is 4.98 Å². The minimum Gasteiger partial charge on any atom is -0.458 e. The number of thiazole rings is 1. The summed E-state index contributed by atoms with van der Waals surface area (Å²) in [6.07, 6.45) is 2.28. The van der Waals surface area contributed by atoms with Gasteiger partial charge in [0.1, 0.15) is 11.9 Å². The Labute approximate surface area is 206 Å². The van der Waals surface area contributed by atoms with Gasteiger partial charge in [-0.1, -0.05) is 34.1 Å². The third-order valence-electron chi connectivity index (χ3n) is 7.41. The van der Waals surface area contributed by atoms with Crippen molar-refractivity contribution in [2.24, 2.45) is 17.3 Å². The fourth-order valence-electron chi connectivity index (χ4n) is 4.78. The lowest BCUT2D eigenvalue weighted by Gasteiger charge is -2.34. The predicted molar refractivity (Wildman–Crippen MR) is 131 cm³/mol. The second kappa shape index (κ2) is 11.0. The molecule has 190 valence electrons. The van der Waals surface area contributed by atoms with E-state index in [1.54, 1.807) is 32.1 Å². The summed E-state index contributed by atoms with van der Waals surface area (Å²) in [5.74, 6) is -1.52. The number of carbonyl (C=O) groups is 2. The molecule has 0 saturated carbocycles. The van der Waals surface area contributed by atoms with Gasteiger partial charge in [-0.2, -0.15) is 0 Å². The van der Waals surface area contributed by atoms with Crippen LogP contribution in [0.5, 0.6) is 0 Å². The Morgan fingerprint density at radius 2 is 1.91 bits per heavy atom. The van der Waals surface area contributed by atoms with E-state index in [1.165, 1.54) is 0 Å². The van der Waals surface area contributed by atoms with Gasteiger partial charge >= 0.3 is 5.97 Å². The first kappa shape index (κ1) is 27.0. The van der Waals surface area contributed by atoms with Gasteiger partial charge < -0.3 is 19.7 Å². The lowest BCUT2D eigenvalue weighted by Crippen LogP contribution is -2.45. The van der Waals surface area contributed by atoms with E-state index in [-0.39, 0.29) is 30.3 Å². The number of carbonyl (C=O) groups excluding carboxylic acids is 2. The Morgan fingerprint density at radius 1 is 1.21 bits per heavy atom.